The van der Waals surface area contributed by atoms with Crippen LogP contribution < -0.4 is 0 Å². The van der Waals surface area contributed by atoms with E-state index >= 15 is 0 Å². The second-order valence-corrected chi connectivity index (χ2v) is 4.97. The third-order valence-corrected chi connectivity index (χ3v) is 3.61. The zero-order valence-electron chi connectivity index (χ0n) is 10.3. The Hall–Kier alpha value is -2.55. The number of carboxylic acid groups (broad SMARTS) is 1. The van der Waals surface area contributed by atoms with Crippen LogP contribution in [0, 0.1) is 6.92 Å². The molecule has 0 aromatic carbocycles. The first-order valence-corrected chi connectivity index (χ1v) is 6.53. The first-order chi connectivity index (χ1) is 9.66. The first kappa shape index (κ1) is 12.5. The molecule has 0 amide bonds. The second kappa shape index (κ2) is 4.85. The zero-order valence-corrected chi connectivity index (χ0v) is 11.2. The van der Waals surface area contributed by atoms with Crippen LogP contribution in [0.2, 0.25) is 0 Å². The zero-order chi connectivity index (χ0) is 14.1. The predicted octanol–water partition coefficient (Wildman–Crippen LogP) is 1.44. The third kappa shape index (κ3) is 2.07. The average molecular weight is 291 g/mol. The Morgan fingerprint density at radius 2 is 2.35 bits per heavy atom. The maximum Gasteiger partial charge on any atom is 0.358 e. The molecule has 0 fully saturated rings. The highest BCUT2D eigenvalue weighted by atomic mass is 32.1. The molecule has 9 heteroatoms. The van der Waals surface area contributed by atoms with E-state index in [1.807, 2.05) is 17.5 Å². The van der Waals surface area contributed by atoms with Gasteiger partial charge in [0, 0.05) is 0 Å². The number of aromatic nitrogens is 5. The quantitative estimate of drug-likeness (QED) is 0.775. The lowest BCUT2D eigenvalue weighted by atomic mass is 10.2. The van der Waals surface area contributed by atoms with Gasteiger partial charge < -0.3 is 5.11 Å². The topological polar surface area (TPSA) is 107 Å². The summed E-state index contributed by atoms with van der Waals surface area (Å²) in [6.45, 7) is 2.01. The average Bonchev–Trinajstić information content (AvgIpc) is 3.11. The molecule has 0 saturated heterocycles. The summed E-state index contributed by atoms with van der Waals surface area (Å²) in [7, 11) is 0. The van der Waals surface area contributed by atoms with Gasteiger partial charge in [-0.05, 0) is 18.4 Å². The van der Waals surface area contributed by atoms with Crippen molar-refractivity contribution in [2.75, 3.05) is 0 Å². The fourth-order valence-corrected chi connectivity index (χ4v) is 2.53. The molecule has 0 atom stereocenters. The Morgan fingerprint density at radius 1 is 1.50 bits per heavy atom. The molecule has 20 heavy (non-hydrogen) atoms. The smallest absolute Gasteiger partial charge is 0.358 e. The summed E-state index contributed by atoms with van der Waals surface area (Å²) in [5, 5.41) is 26.1. The molecule has 0 radical (unpaired) electrons. The number of carboxylic acids is 1. The lowest BCUT2D eigenvalue weighted by Gasteiger charge is -2.03. The molecule has 0 aliphatic carbocycles. The number of hydrogen-bond acceptors (Lipinski definition) is 7. The van der Waals surface area contributed by atoms with Crippen molar-refractivity contribution in [1.29, 1.82) is 0 Å². The van der Waals surface area contributed by atoms with Gasteiger partial charge in [0.05, 0.1) is 11.4 Å². The molecule has 0 aliphatic rings. The molecule has 102 valence electrons. The third-order valence-electron chi connectivity index (χ3n) is 2.74. The molecule has 0 aliphatic heterocycles. The van der Waals surface area contributed by atoms with Crippen molar-refractivity contribution >= 4 is 17.3 Å². The Balaban J connectivity index is 2.08. The van der Waals surface area contributed by atoms with Crippen LogP contribution in [0.15, 0.2) is 22.1 Å². The Morgan fingerprint density at radius 3 is 2.95 bits per heavy atom. The number of aromatic carboxylic acids is 1. The van der Waals surface area contributed by atoms with Gasteiger partial charge in [0.25, 0.3) is 0 Å². The minimum Gasteiger partial charge on any atom is -0.476 e. The van der Waals surface area contributed by atoms with Crippen LogP contribution in [-0.4, -0.2) is 36.4 Å². The molecule has 3 aromatic rings. The fourth-order valence-electron chi connectivity index (χ4n) is 1.76. The van der Waals surface area contributed by atoms with E-state index in [0.717, 1.165) is 4.88 Å². The number of thiophene rings is 1. The van der Waals surface area contributed by atoms with Gasteiger partial charge in [-0.25, -0.2) is 14.1 Å². The number of aryl methyl sites for hydroxylation is 1. The van der Waals surface area contributed by atoms with Gasteiger partial charge in [-0.3, -0.25) is 0 Å². The maximum atomic E-state index is 11.2. The summed E-state index contributed by atoms with van der Waals surface area (Å²) in [4.78, 5) is 12.0. The normalized spacial score (nSPS) is 10.8. The van der Waals surface area contributed by atoms with E-state index in [1.165, 1.54) is 16.0 Å². The van der Waals surface area contributed by atoms with Crippen LogP contribution in [0.5, 0.6) is 0 Å². The SMILES string of the molecule is Cc1nonc1Cn1nnc(C(=O)O)c1-c1cccs1. The molecule has 3 rings (SSSR count). The highest BCUT2D eigenvalue weighted by Gasteiger charge is 2.22. The van der Waals surface area contributed by atoms with Crippen molar-refractivity contribution < 1.29 is 14.5 Å². The fraction of sp³-hybridized carbons (Fsp3) is 0.182. The van der Waals surface area contributed by atoms with Crippen molar-refractivity contribution in [1.82, 2.24) is 25.3 Å². The lowest BCUT2D eigenvalue weighted by molar-refractivity contribution is 0.0691. The van der Waals surface area contributed by atoms with Gasteiger partial charge in [-0.2, -0.15) is 0 Å². The van der Waals surface area contributed by atoms with Crippen molar-refractivity contribution in [3.8, 4) is 10.6 Å². The lowest BCUT2D eigenvalue weighted by Crippen LogP contribution is -2.06. The Labute approximate surface area is 116 Å². The minimum atomic E-state index is -1.12. The van der Waals surface area contributed by atoms with E-state index in [2.05, 4.69) is 25.3 Å². The highest BCUT2D eigenvalue weighted by Crippen LogP contribution is 2.27. The van der Waals surface area contributed by atoms with E-state index in [9.17, 15) is 9.90 Å². The molecule has 1 N–H and O–H groups in total. The second-order valence-electron chi connectivity index (χ2n) is 4.02. The summed E-state index contributed by atoms with van der Waals surface area (Å²) in [6, 6.07) is 3.66. The largest absolute Gasteiger partial charge is 0.476 e. The molecule has 0 spiro atoms. The molecule has 3 aromatic heterocycles. The van der Waals surface area contributed by atoms with E-state index in [1.54, 1.807) is 6.92 Å². The van der Waals surface area contributed by atoms with Gasteiger partial charge in [0.15, 0.2) is 5.69 Å². The van der Waals surface area contributed by atoms with E-state index in [0.29, 0.717) is 17.1 Å². The van der Waals surface area contributed by atoms with Crippen molar-refractivity contribution in [2.24, 2.45) is 0 Å². The number of carbonyl (C=O) groups is 1. The van der Waals surface area contributed by atoms with E-state index in [4.69, 9.17) is 0 Å². The Bertz CT molecular complexity index is 746. The van der Waals surface area contributed by atoms with Gasteiger partial charge in [0.2, 0.25) is 0 Å². The molecule has 0 bridgehead atoms. The van der Waals surface area contributed by atoms with Crippen LogP contribution in [-0.2, 0) is 6.54 Å². The van der Waals surface area contributed by atoms with Crippen LogP contribution in [0.3, 0.4) is 0 Å². The maximum absolute atomic E-state index is 11.2. The van der Waals surface area contributed by atoms with Gasteiger partial charge in [0.1, 0.15) is 17.1 Å². The monoisotopic (exact) mass is 291 g/mol. The number of nitrogens with zero attached hydrogens (tertiary/aromatic N) is 5. The molecule has 0 unspecified atom stereocenters. The van der Waals surface area contributed by atoms with Crippen molar-refractivity contribution in [3.05, 3.63) is 34.6 Å². The van der Waals surface area contributed by atoms with Crippen molar-refractivity contribution in [2.45, 2.75) is 13.5 Å². The summed E-state index contributed by atoms with van der Waals surface area (Å²) >= 11 is 1.42. The van der Waals surface area contributed by atoms with Gasteiger partial charge in [-0.15, -0.1) is 16.4 Å². The highest BCUT2D eigenvalue weighted by molar-refractivity contribution is 7.13. The molecule has 3 heterocycles. The van der Waals surface area contributed by atoms with Crippen LogP contribution in [0.25, 0.3) is 10.6 Å². The number of rotatable bonds is 4. The van der Waals surface area contributed by atoms with Gasteiger partial charge >= 0.3 is 5.97 Å². The summed E-state index contributed by atoms with van der Waals surface area (Å²) in [5.41, 5.74) is 1.59. The summed E-state index contributed by atoms with van der Waals surface area (Å²) < 4.78 is 6.12. The van der Waals surface area contributed by atoms with Crippen LogP contribution in [0.1, 0.15) is 21.9 Å². The molecule has 8 nitrogen and oxygen atoms in total. The van der Waals surface area contributed by atoms with Crippen LogP contribution in [0.4, 0.5) is 0 Å². The Kier molecular flexibility index (Phi) is 3.03. The number of hydrogen-bond donors (Lipinski definition) is 1. The summed E-state index contributed by atoms with van der Waals surface area (Å²) in [5.74, 6) is -1.12. The van der Waals surface area contributed by atoms with Crippen LogP contribution >= 0.6 is 11.3 Å². The summed E-state index contributed by atoms with van der Waals surface area (Å²) in [6.07, 6.45) is 0. The molecule has 0 saturated carbocycles. The minimum absolute atomic E-state index is 0.0819. The van der Waals surface area contributed by atoms with Gasteiger partial charge in [-0.1, -0.05) is 21.6 Å². The van der Waals surface area contributed by atoms with E-state index < -0.39 is 5.97 Å². The van der Waals surface area contributed by atoms with E-state index in [-0.39, 0.29) is 12.2 Å². The van der Waals surface area contributed by atoms with Crippen molar-refractivity contribution in [3.63, 3.8) is 0 Å². The molecular weight excluding hydrogens is 282 g/mol. The molecular formula is C11H9N5O3S. The first-order valence-electron chi connectivity index (χ1n) is 5.65. The predicted molar refractivity (Wildman–Crippen MR) is 68.4 cm³/mol. The standard InChI is InChI=1S/C11H9N5O3S/c1-6-7(14-19-13-6)5-16-10(8-3-2-4-20-8)9(11(17)18)12-15-16/h2-4H,5H2,1H3,(H,17,18).